The maximum atomic E-state index is 12.2. The van der Waals surface area contributed by atoms with Crippen LogP contribution in [0.5, 0.6) is 0 Å². The summed E-state index contributed by atoms with van der Waals surface area (Å²) in [5, 5.41) is 0. The second kappa shape index (κ2) is 4.72. The molecule has 2 N–H and O–H groups in total. The van der Waals surface area contributed by atoms with Crippen molar-refractivity contribution in [1.82, 2.24) is 9.80 Å². The van der Waals surface area contributed by atoms with Crippen molar-refractivity contribution in [2.45, 2.75) is 38.1 Å². The second-order valence-electron chi connectivity index (χ2n) is 4.58. The minimum absolute atomic E-state index is 0.000926. The predicted molar refractivity (Wildman–Crippen MR) is 59.7 cm³/mol. The first kappa shape index (κ1) is 11.2. The van der Waals surface area contributed by atoms with Crippen molar-refractivity contribution in [3.63, 3.8) is 0 Å². The van der Waals surface area contributed by atoms with Gasteiger partial charge >= 0.3 is 6.03 Å². The van der Waals surface area contributed by atoms with E-state index < -0.39 is 0 Å². The fourth-order valence-corrected chi connectivity index (χ4v) is 2.56. The number of hydrogen-bond acceptors (Lipinski definition) is 2. The zero-order valence-corrected chi connectivity index (χ0v) is 9.52. The first-order valence-corrected chi connectivity index (χ1v) is 6.05. The highest BCUT2D eigenvalue weighted by molar-refractivity contribution is 5.86. The lowest BCUT2D eigenvalue weighted by atomic mass is 10.1. The molecule has 2 rings (SSSR count). The van der Waals surface area contributed by atoms with Gasteiger partial charge < -0.3 is 15.5 Å². The van der Waals surface area contributed by atoms with Gasteiger partial charge in [-0.05, 0) is 32.1 Å². The van der Waals surface area contributed by atoms with Crippen LogP contribution in [0.15, 0.2) is 0 Å². The largest absolute Gasteiger partial charge is 0.368 e. The number of nitrogens with zero attached hydrogens (tertiary/aromatic N) is 2. The lowest BCUT2D eigenvalue weighted by molar-refractivity contribution is -0.121. The van der Waals surface area contributed by atoms with Crippen molar-refractivity contribution < 1.29 is 9.59 Å². The van der Waals surface area contributed by atoms with Gasteiger partial charge in [0.05, 0.1) is 0 Å². The van der Waals surface area contributed by atoms with Gasteiger partial charge in [-0.3, -0.25) is 4.79 Å². The number of nitrogens with two attached hydrogens (primary N) is 1. The van der Waals surface area contributed by atoms with Crippen LogP contribution in [-0.2, 0) is 4.79 Å². The first-order valence-electron chi connectivity index (χ1n) is 6.05. The first-order chi connectivity index (χ1) is 7.70. The van der Waals surface area contributed by atoms with E-state index >= 15 is 0 Å². The van der Waals surface area contributed by atoms with Crippen LogP contribution in [-0.4, -0.2) is 47.4 Å². The normalized spacial score (nSPS) is 25.9. The van der Waals surface area contributed by atoms with Crippen LogP contribution in [0.1, 0.15) is 32.1 Å². The topological polar surface area (TPSA) is 66.6 Å². The van der Waals surface area contributed by atoms with E-state index in [2.05, 4.69) is 0 Å². The van der Waals surface area contributed by atoms with E-state index in [0.717, 1.165) is 38.8 Å². The monoisotopic (exact) mass is 225 g/mol. The van der Waals surface area contributed by atoms with Crippen LogP contribution in [0.2, 0.25) is 0 Å². The van der Waals surface area contributed by atoms with E-state index in [4.69, 9.17) is 5.73 Å². The lowest BCUT2D eigenvalue weighted by Gasteiger charge is -2.32. The molecule has 0 aromatic carbocycles. The molecular weight excluding hydrogens is 206 g/mol. The summed E-state index contributed by atoms with van der Waals surface area (Å²) in [7, 11) is 0. The van der Waals surface area contributed by atoms with Gasteiger partial charge in [-0.15, -0.1) is 0 Å². The second-order valence-corrected chi connectivity index (χ2v) is 4.58. The molecule has 1 atom stereocenters. The molecule has 5 heteroatoms. The summed E-state index contributed by atoms with van der Waals surface area (Å²) in [6.45, 7) is 2.31. The Morgan fingerprint density at radius 3 is 2.31 bits per heavy atom. The van der Waals surface area contributed by atoms with Gasteiger partial charge in [0, 0.05) is 19.6 Å². The number of likely N-dealkylation sites (tertiary alicyclic amines) is 2. The average molecular weight is 225 g/mol. The Morgan fingerprint density at radius 2 is 1.69 bits per heavy atom. The smallest absolute Gasteiger partial charge is 0.320 e. The molecule has 0 aromatic heterocycles. The van der Waals surface area contributed by atoms with Gasteiger partial charge in [0.25, 0.3) is 0 Å². The lowest BCUT2D eigenvalue weighted by Crippen LogP contribution is -2.50. The summed E-state index contributed by atoms with van der Waals surface area (Å²) in [4.78, 5) is 26.9. The van der Waals surface area contributed by atoms with Crippen molar-refractivity contribution >= 4 is 11.9 Å². The van der Waals surface area contributed by atoms with Crippen LogP contribution in [0, 0.1) is 0 Å². The Hall–Kier alpha value is -1.26. The molecule has 0 aliphatic carbocycles. The summed E-state index contributed by atoms with van der Waals surface area (Å²) >= 11 is 0. The van der Waals surface area contributed by atoms with Gasteiger partial charge in [0.15, 0.2) is 0 Å². The average Bonchev–Trinajstić information content (AvgIpc) is 2.78. The Kier molecular flexibility index (Phi) is 3.31. The summed E-state index contributed by atoms with van der Waals surface area (Å²) in [5.41, 5.74) is 5.30. The molecule has 0 radical (unpaired) electrons. The zero-order valence-electron chi connectivity index (χ0n) is 9.52. The predicted octanol–water partition coefficient (Wildman–Crippen LogP) is 0.542. The minimum Gasteiger partial charge on any atom is -0.368 e. The highest BCUT2D eigenvalue weighted by Gasteiger charge is 2.35. The van der Waals surface area contributed by atoms with Crippen molar-refractivity contribution in [2.75, 3.05) is 19.6 Å². The highest BCUT2D eigenvalue weighted by Crippen LogP contribution is 2.20. The molecule has 16 heavy (non-hydrogen) atoms. The van der Waals surface area contributed by atoms with E-state index in [0.29, 0.717) is 6.54 Å². The molecule has 2 aliphatic heterocycles. The van der Waals surface area contributed by atoms with Gasteiger partial charge in [0.2, 0.25) is 5.91 Å². The Bertz CT molecular complexity index is 287. The number of rotatable bonds is 1. The molecule has 0 aromatic rings. The molecule has 3 amide bonds. The van der Waals surface area contributed by atoms with Gasteiger partial charge in [-0.1, -0.05) is 0 Å². The Labute approximate surface area is 95.6 Å². The minimum atomic E-state index is -0.380. The number of primary amides is 1. The number of carbonyl (C=O) groups is 2. The maximum Gasteiger partial charge on any atom is 0.320 e. The van der Waals surface area contributed by atoms with E-state index in [1.807, 2.05) is 4.90 Å². The summed E-state index contributed by atoms with van der Waals surface area (Å²) in [6, 6.07) is -0.379. The highest BCUT2D eigenvalue weighted by atomic mass is 16.2. The number of carbonyl (C=O) groups excluding carboxylic acids is 2. The van der Waals surface area contributed by atoms with Crippen molar-refractivity contribution in [3.8, 4) is 0 Å². The molecule has 2 aliphatic rings. The summed E-state index contributed by atoms with van der Waals surface area (Å²) in [6.07, 6.45) is 4.94. The molecule has 90 valence electrons. The van der Waals surface area contributed by atoms with E-state index in [9.17, 15) is 9.59 Å². The van der Waals surface area contributed by atoms with E-state index in [1.165, 1.54) is 6.42 Å². The number of amides is 3. The molecule has 2 saturated heterocycles. The van der Waals surface area contributed by atoms with Crippen molar-refractivity contribution in [1.29, 1.82) is 0 Å². The third-order valence-electron chi connectivity index (χ3n) is 3.45. The molecule has 2 heterocycles. The van der Waals surface area contributed by atoms with Crippen LogP contribution in [0.25, 0.3) is 0 Å². The van der Waals surface area contributed by atoms with Crippen molar-refractivity contribution in [3.05, 3.63) is 0 Å². The zero-order chi connectivity index (χ0) is 11.5. The quantitative estimate of drug-likeness (QED) is 0.708. The van der Waals surface area contributed by atoms with E-state index in [-0.39, 0.29) is 18.0 Å². The van der Waals surface area contributed by atoms with Crippen molar-refractivity contribution in [2.24, 2.45) is 5.73 Å². The van der Waals surface area contributed by atoms with Gasteiger partial charge in [-0.2, -0.15) is 0 Å². The molecule has 5 nitrogen and oxygen atoms in total. The third kappa shape index (κ3) is 2.13. The van der Waals surface area contributed by atoms with Gasteiger partial charge in [0.1, 0.15) is 6.04 Å². The molecular formula is C11H19N3O2. The molecule has 2 fully saturated rings. The van der Waals surface area contributed by atoms with Crippen LogP contribution < -0.4 is 5.73 Å². The van der Waals surface area contributed by atoms with Crippen LogP contribution in [0.4, 0.5) is 4.79 Å². The number of hydrogen-bond donors (Lipinski definition) is 1. The maximum absolute atomic E-state index is 12.2. The third-order valence-corrected chi connectivity index (χ3v) is 3.45. The summed E-state index contributed by atoms with van der Waals surface area (Å²) in [5.74, 6) is -0.372. The van der Waals surface area contributed by atoms with Crippen LogP contribution in [0.3, 0.4) is 0 Å². The number of urea groups is 1. The summed E-state index contributed by atoms with van der Waals surface area (Å²) < 4.78 is 0. The Balaban J connectivity index is 1.99. The molecule has 1 unspecified atom stereocenters. The molecule has 0 spiro atoms. The fourth-order valence-electron chi connectivity index (χ4n) is 2.56. The SMILES string of the molecule is NC(=O)C1CCCN1C(=O)N1CCCCC1. The Morgan fingerprint density at radius 1 is 1.00 bits per heavy atom. The number of piperidine rings is 1. The molecule has 0 saturated carbocycles. The molecule has 0 bridgehead atoms. The van der Waals surface area contributed by atoms with Crippen LogP contribution >= 0.6 is 0 Å². The van der Waals surface area contributed by atoms with Gasteiger partial charge in [-0.25, -0.2) is 4.79 Å². The standard InChI is InChI=1S/C11H19N3O2/c12-10(15)9-5-4-8-14(9)11(16)13-6-2-1-3-7-13/h9H,1-8H2,(H2,12,15). The van der Waals surface area contributed by atoms with E-state index in [1.54, 1.807) is 4.90 Å². The fraction of sp³-hybridized carbons (Fsp3) is 0.818.